The molecule has 3 aromatic carbocycles. The number of hydrogen-bond acceptors (Lipinski definition) is 6. The molecule has 11 heteroatoms. The Morgan fingerprint density at radius 3 is 2.29 bits per heavy atom. The summed E-state index contributed by atoms with van der Waals surface area (Å²) in [7, 11) is -4.21. The van der Waals surface area contributed by atoms with Crippen molar-refractivity contribution in [3.05, 3.63) is 82.8 Å². The third kappa shape index (κ3) is 8.75. The smallest absolute Gasteiger partial charge is 0.264 e. The molecule has 0 fully saturated rings. The van der Waals surface area contributed by atoms with Crippen LogP contribution in [0, 0.1) is 0 Å². The highest BCUT2D eigenvalue weighted by atomic mass is 79.9. The van der Waals surface area contributed by atoms with E-state index in [-0.39, 0.29) is 23.0 Å². The van der Waals surface area contributed by atoms with Crippen LogP contribution in [0.25, 0.3) is 0 Å². The van der Waals surface area contributed by atoms with Crippen LogP contribution >= 0.6 is 27.7 Å². The van der Waals surface area contributed by atoms with Gasteiger partial charge in [0.15, 0.2) is 0 Å². The molecular weight excluding hydrogens is 638 g/mol. The van der Waals surface area contributed by atoms with Crippen molar-refractivity contribution in [3.8, 4) is 5.75 Å². The minimum absolute atomic E-state index is 0.0384. The minimum atomic E-state index is -4.21. The number of benzene rings is 3. The normalized spacial score (nSPS) is 12.4. The van der Waals surface area contributed by atoms with Crippen molar-refractivity contribution in [2.24, 2.45) is 0 Å². The fourth-order valence-electron chi connectivity index (χ4n) is 4.22. The van der Waals surface area contributed by atoms with E-state index in [0.29, 0.717) is 12.4 Å². The lowest BCUT2D eigenvalue weighted by molar-refractivity contribution is -0.140. The van der Waals surface area contributed by atoms with Crippen LogP contribution in [0.5, 0.6) is 5.75 Å². The van der Waals surface area contributed by atoms with Gasteiger partial charge in [-0.05, 0) is 95.0 Å². The van der Waals surface area contributed by atoms with Gasteiger partial charge in [-0.15, -0.1) is 11.8 Å². The lowest BCUT2D eigenvalue weighted by atomic mass is 10.1. The highest BCUT2D eigenvalue weighted by Gasteiger charge is 2.34. The summed E-state index contributed by atoms with van der Waals surface area (Å²) >= 11 is 4.96. The second-order valence-corrected chi connectivity index (χ2v) is 14.3. The molecule has 0 unspecified atom stereocenters. The van der Waals surface area contributed by atoms with Gasteiger partial charge in [-0.25, -0.2) is 8.42 Å². The molecule has 42 heavy (non-hydrogen) atoms. The Hall–Kier alpha value is -3.02. The maximum absolute atomic E-state index is 14.2. The number of nitrogens with one attached hydrogen (secondary N) is 1. The largest absolute Gasteiger partial charge is 0.492 e. The van der Waals surface area contributed by atoms with Crippen molar-refractivity contribution >= 4 is 55.2 Å². The van der Waals surface area contributed by atoms with Gasteiger partial charge in [0.25, 0.3) is 10.0 Å². The highest BCUT2D eigenvalue weighted by molar-refractivity contribution is 9.10. The van der Waals surface area contributed by atoms with Crippen LogP contribution in [0.1, 0.15) is 40.2 Å². The van der Waals surface area contributed by atoms with Crippen molar-refractivity contribution in [2.75, 3.05) is 23.7 Å². The molecule has 0 heterocycles. The van der Waals surface area contributed by atoms with Crippen LogP contribution in [0.15, 0.2) is 87.1 Å². The lowest BCUT2D eigenvalue weighted by Gasteiger charge is -2.33. The third-order valence-electron chi connectivity index (χ3n) is 6.27. The Morgan fingerprint density at radius 2 is 1.69 bits per heavy atom. The number of amides is 2. The number of para-hydroxylation sites is 2. The molecule has 0 bridgehead atoms. The number of sulfonamides is 1. The summed E-state index contributed by atoms with van der Waals surface area (Å²) in [5.74, 6) is -0.557. The van der Waals surface area contributed by atoms with Crippen molar-refractivity contribution < 1.29 is 22.7 Å². The molecule has 3 rings (SSSR count). The second-order valence-electron chi connectivity index (χ2n) is 10.7. The molecule has 0 aliphatic heterocycles. The van der Waals surface area contributed by atoms with E-state index in [9.17, 15) is 18.0 Å². The highest BCUT2D eigenvalue weighted by Crippen LogP contribution is 2.33. The third-order valence-corrected chi connectivity index (χ3v) is 9.28. The minimum Gasteiger partial charge on any atom is -0.492 e. The van der Waals surface area contributed by atoms with E-state index in [4.69, 9.17) is 4.74 Å². The van der Waals surface area contributed by atoms with Crippen LogP contribution in [0.3, 0.4) is 0 Å². The van der Waals surface area contributed by atoms with Gasteiger partial charge in [0.2, 0.25) is 11.8 Å². The van der Waals surface area contributed by atoms with Crippen LogP contribution in [0.4, 0.5) is 5.69 Å². The van der Waals surface area contributed by atoms with Crippen molar-refractivity contribution in [1.82, 2.24) is 10.2 Å². The Bertz CT molecular complexity index is 1490. The van der Waals surface area contributed by atoms with Crippen molar-refractivity contribution in [2.45, 2.75) is 62.5 Å². The topological polar surface area (TPSA) is 96.0 Å². The molecular formula is C31H38BrN3O5S2. The summed E-state index contributed by atoms with van der Waals surface area (Å²) in [4.78, 5) is 29.8. The summed E-state index contributed by atoms with van der Waals surface area (Å²) in [6, 6.07) is 19.8. The van der Waals surface area contributed by atoms with Gasteiger partial charge in [0.05, 0.1) is 17.2 Å². The van der Waals surface area contributed by atoms with Crippen LogP contribution < -0.4 is 14.4 Å². The maximum Gasteiger partial charge on any atom is 0.264 e. The van der Waals surface area contributed by atoms with Gasteiger partial charge < -0.3 is 15.0 Å². The molecule has 226 valence electrons. The fourth-order valence-corrected chi connectivity index (χ4v) is 6.50. The predicted molar refractivity (Wildman–Crippen MR) is 172 cm³/mol. The fraction of sp³-hybridized carbons (Fsp3) is 0.355. The summed E-state index contributed by atoms with van der Waals surface area (Å²) in [6.45, 7) is 8.89. The first kappa shape index (κ1) is 33.5. The number of halogens is 1. The average Bonchev–Trinajstić information content (AvgIpc) is 2.94. The van der Waals surface area contributed by atoms with E-state index < -0.39 is 34.1 Å². The number of thioether (sulfide) groups is 1. The van der Waals surface area contributed by atoms with Crippen molar-refractivity contribution in [1.29, 1.82) is 0 Å². The first-order chi connectivity index (χ1) is 19.8. The summed E-state index contributed by atoms with van der Waals surface area (Å²) < 4.78 is 36.0. The molecule has 8 nitrogen and oxygen atoms in total. The summed E-state index contributed by atoms with van der Waals surface area (Å²) in [6.07, 6.45) is 1.91. The van der Waals surface area contributed by atoms with Gasteiger partial charge >= 0.3 is 0 Å². The Kier molecular flexibility index (Phi) is 11.5. The van der Waals surface area contributed by atoms with E-state index in [0.717, 1.165) is 19.2 Å². The number of nitrogens with zero attached hydrogens (tertiary/aromatic N) is 2. The van der Waals surface area contributed by atoms with Crippen LogP contribution in [0.2, 0.25) is 0 Å². The van der Waals surface area contributed by atoms with Gasteiger partial charge in [0.1, 0.15) is 18.3 Å². The summed E-state index contributed by atoms with van der Waals surface area (Å²) in [5, 5.41) is 2.93. The quantitative estimate of drug-likeness (QED) is 0.233. The lowest BCUT2D eigenvalue weighted by Crippen LogP contribution is -2.54. The molecule has 0 aromatic heterocycles. The number of carbonyl (C=O) groups excluding carboxylic acids is 2. The first-order valence-corrected chi connectivity index (χ1v) is 17.0. The maximum atomic E-state index is 14.2. The number of ether oxygens (including phenoxy) is 1. The zero-order valence-electron chi connectivity index (χ0n) is 24.8. The zero-order valence-corrected chi connectivity index (χ0v) is 28.0. The number of rotatable bonds is 12. The molecule has 0 saturated carbocycles. The van der Waals surface area contributed by atoms with E-state index in [1.165, 1.54) is 28.8 Å². The molecule has 0 aliphatic rings. The molecule has 2 amide bonds. The van der Waals surface area contributed by atoms with Crippen molar-refractivity contribution in [3.63, 3.8) is 0 Å². The van der Waals surface area contributed by atoms with Crippen LogP contribution in [-0.2, 0) is 26.2 Å². The molecule has 0 aliphatic carbocycles. The Labute approximate surface area is 262 Å². The molecule has 1 atom stereocenters. The van der Waals surface area contributed by atoms with E-state index in [1.807, 2.05) is 51.3 Å². The second kappa shape index (κ2) is 14.4. The standard InChI is InChI=1S/C31H38BrN3O5S2/c1-7-40-28-14-9-8-13-27(28)35(42(38,39)26-17-15-25(41-6)16-18-26)21-29(36)34(20-23-11-10-12-24(32)19-23)22(2)30(37)33-31(3,4)5/h8-19,22H,7,20-21H2,1-6H3,(H,33,37)/t22-/m0/s1. The van der Waals surface area contributed by atoms with Gasteiger partial charge in [-0.1, -0.05) is 40.2 Å². The Balaban J connectivity index is 2.10. The molecule has 0 radical (unpaired) electrons. The Morgan fingerprint density at radius 1 is 1.02 bits per heavy atom. The predicted octanol–water partition coefficient (Wildman–Crippen LogP) is 6.10. The van der Waals surface area contributed by atoms with E-state index in [2.05, 4.69) is 21.2 Å². The van der Waals surface area contributed by atoms with E-state index in [1.54, 1.807) is 50.2 Å². The molecule has 0 spiro atoms. The molecule has 0 saturated heterocycles. The molecule has 1 N–H and O–H groups in total. The van der Waals surface area contributed by atoms with Gasteiger partial charge in [-0.3, -0.25) is 13.9 Å². The van der Waals surface area contributed by atoms with Gasteiger partial charge in [0, 0.05) is 21.5 Å². The SMILES string of the molecule is CCOc1ccccc1N(CC(=O)N(Cc1cccc(Br)c1)[C@@H](C)C(=O)NC(C)(C)C)S(=O)(=O)c1ccc(SC)cc1. The number of anilines is 1. The van der Waals surface area contributed by atoms with E-state index >= 15 is 0 Å². The van der Waals surface area contributed by atoms with Gasteiger partial charge in [-0.2, -0.15) is 0 Å². The monoisotopic (exact) mass is 675 g/mol. The number of carbonyl (C=O) groups is 2. The first-order valence-electron chi connectivity index (χ1n) is 13.5. The number of hydrogen-bond donors (Lipinski definition) is 1. The average molecular weight is 677 g/mol. The zero-order chi connectivity index (χ0) is 31.1. The van der Waals surface area contributed by atoms with Crippen LogP contribution in [-0.4, -0.2) is 56.1 Å². The molecule has 3 aromatic rings. The summed E-state index contributed by atoms with van der Waals surface area (Å²) in [5.41, 5.74) is 0.491.